The number of carbonyl (C=O) groups is 2. The first-order valence-corrected chi connectivity index (χ1v) is 11.5. The van der Waals surface area contributed by atoms with Crippen LogP contribution in [-0.2, 0) is 6.42 Å². The fourth-order valence-corrected chi connectivity index (χ4v) is 6.56. The van der Waals surface area contributed by atoms with Crippen LogP contribution >= 0.6 is 0 Å². The molecule has 6 rings (SSSR count). The van der Waals surface area contributed by atoms with Crippen molar-refractivity contribution in [3.05, 3.63) is 64.5 Å². The summed E-state index contributed by atoms with van der Waals surface area (Å²) in [5, 5.41) is 14.1. The van der Waals surface area contributed by atoms with Gasteiger partial charge in [-0.2, -0.15) is 0 Å². The van der Waals surface area contributed by atoms with Crippen LogP contribution in [0.25, 0.3) is 0 Å². The van der Waals surface area contributed by atoms with E-state index in [0.29, 0.717) is 41.0 Å². The van der Waals surface area contributed by atoms with Gasteiger partial charge < -0.3 is 10.4 Å². The van der Waals surface area contributed by atoms with Gasteiger partial charge in [-0.25, -0.2) is 0 Å². The number of nitrogens with zero attached hydrogens (tertiary/aromatic N) is 1. The van der Waals surface area contributed by atoms with Crippen LogP contribution in [0, 0.1) is 24.7 Å². The predicted octanol–water partition coefficient (Wildman–Crippen LogP) is 3.85. The smallest absolute Gasteiger partial charge is 0.251 e. The van der Waals surface area contributed by atoms with E-state index in [9.17, 15) is 14.7 Å². The molecule has 1 amide bonds. The fraction of sp³-hybridized carbons (Fsp3) is 0.500. The molecule has 4 fully saturated rings. The minimum Gasteiger partial charge on any atom is -0.390 e. The molecule has 0 saturated heterocycles. The summed E-state index contributed by atoms with van der Waals surface area (Å²) >= 11 is 0. The Bertz CT molecular complexity index is 1030. The van der Waals surface area contributed by atoms with Crippen LogP contribution in [-0.4, -0.2) is 33.4 Å². The first-order valence-electron chi connectivity index (χ1n) is 11.5. The second-order valence-corrected chi connectivity index (χ2v) is 9.92. The van der Waals surface area contributed by atoms with Gasteiger partial charge in [-0.3, -0.25) is 14.6 Å². The van der Waals surface area contributed by atoms with Gasteiger partial charge in [-0.15, -0.1) is 0 Å². The zero-order valence-electron chi connectivity index (χ0n) is 18.2. The van der Waals surface area contributed by atoms with Gasteiger partial charge in [0.25, 0.3) is 5.91 Å². The summed E-state index contributed by atoms with van der Waals surface area (Å²) in [5.74, 6) is 1.18. The van der Waals surface area contributed by atoms with E-state index in [1.54, 1.807) is 18.3 Å². The fourth-order valence-electron chi connectivity index (χ4n) is 6.56. The Balaban J connectivity index is 1.36. The molecule has 2 atom stereocenters. The first kappa shape index (κ1) is 20.4. The largest absolute Gasteiger partial charge is 0.390 e. The Morgan fingerprint density at radius 2 is 1.90 bits per heavy atom. The summed E-state index contributed by atoms with van der Waals surface area (Å²) in [6.45, 7) is 3.88. The third kappa shape index (κ3) is 3.59. The number of benzene rings is 1. The van der Waals surface area contributed by atoms with Crippen molar-refractivity contribution in [3.8, 4) is 0 Å². The van der Waals surface area contributed by atoms with Crippen molar-refractivity contribution in [2.45, 2.75) is 64.0 Å². The number of rotatable bonds is 5. The minimum absolute atomic E-state index is 0.0608. The summed E-state index contributed by atoms with van der Waals surface area (Å²) in [6, 6.07) is 9.20. The van der Waals surface area contributed by atoms with E-state index >= 15 is 0 Å². The maximum atomic E-state index is 13.2. The second kappa shape index (κ2) is 7.56. The lowest BCUT2D eigenvalue weighted by atomic mass is 9.52. The molecule has 5 heteroatoms. The maximum absolute atomic E-state index is 13.2. The van der Waals surface area contributed by atoms with Crippen molar-refractivity contribution < 1.29 is 14.7 Å². The molecule has 4 saturated carbocycles. The second-order valence-electron chi connectivity index (χ2n) is 9.92. The SMILES string of the molecule is CCc1cc(C(=O)c2ncccc2C)ccc1C(=O)NC1C2CC3CC1CC(O)(C3)C2. The molecule has 5 nitrogen and oxygen atoms in total. The van der Waals surface area contributed by atoms with Gasteiger partial charge in [0.15, 0.2) is 0 Å². The summed E-state index contributed by atoms with van der Waals surface area (Å²) < 4.78 is 0. The number of amides is 1. The molecule has 2 aromatic rings. The number of nitrogens with one attached hydrogen (secondary N) is 1. The highest BCUT2D eigenvalue weighted by Crippen LogP contribution is 2.55. The van der Waals surface area contributed by atoms with E-state index in [1.165, 1.54) is 0 Å². The number of ketones is 1. The summed E-state index contributed by atoms with van der Waals surface area (Å²) in [5.41, 5.74) is 2.87. The van der Waals surface area contributed by atoms with Gasteiger partial charge in [0.05, 0.1) is 5.60 Å². The third-order valence-electron chi connectivity index (χ3n) is 7.76. The van der Waals surface area contributed by atoms with Crippen molar-refractivity contribution in [3.63, 3.8) is 0 Å². The Hall–Kier alpha value is -2.53. The molecule has 1 aromatic heterocycles. The van der Waals surface area contributed by atoms with Crippen LogP contribution in [0.3, 0.4) is 0 Å². The Labute approximate surface area is 183 Å². The van der Waals surface area contributed by atoms with Gasteiger partial charge in [0.2, 0.25) is 5.78 Å². The number of hydrogen-bond acceptors (Lipinski definition) is 4. The molecule has 0 aliphatic heterocycles. The van der Waals surface area contributed by atoms with Gasteiger partial charge in [-0.05, 0) is 92.5 Å². The lowest BCUT2D eigenvalue weighted by molar-refractivity contribution is -0.136. The van der Waals surface area contributed by atoms with E-state index < -0.39 is 5.60 Å². The number of hydrogen-bond donors (Lipinski definition) is 2. The van der Waals surface area contributed by atoms with Crippen molar-refractivity contribution in [1.29, 1.82) is 0 Å². The van der Waals surface area contributed by atoms with Crippen molar-refractivity contribution in [1.82, 2.24) is 10.3 Å². The molecule has 0 radical (unpaired) electrons. The van der Waals surface area contributed by atoms with Gasteiger partial charge in [0.1, 0.15) is 5.69 Å². The number of pyridine rings is 1. The summed E-state index contributed by atoms with van der Waals surface area (Å²) in [4.78, 5) is 30.4. The minimum atomic E-state index is -0.502. The molecule has 4 bridgehead atoms. The van der Waals surface area contributed by atoms with E-state index in [2.05, 4.69) is 10.3 Å². The van der Waals surface area contributed by atoms with Crippen molar-refractivity contribution in [2.24, 2.45) is 17.8 Å². The quantitative estimate of drug-likeness (QED) is 0.723. The molecule has 4 aliphatic carbocycles. The van der Waals surface area contributed by atoms with Crippen LogP contribution in [0.2, 0.25) is 0 Å². The van der Waals surface area contributed by atoms with E-state index in [1.807, 2.05) is 32.0 Å². The zero-order valence-corrected chi connectivity index (χ0v) is 18.2. The van der Waals surface area contributed by atoms with Gasteiger partial charge in [-0.1, -0.05) is 19.1 Å². The summed E-state index contributed by atoms with van der Waals surface area (Å²) in [6.07, 6.45) is 7.08. The number of aryl methyl sites for hydroxylation is 2. The Morgan fingerprint density at radius 3 is 2.55 bits per heavy atom. The zero-order chi connectivity index (χ0) is 21.8. The molecule has 1 heterocycles. The highest BCUT2D eigenvalue weighted by molar-refractivity contribution is 6.09. The van der Waals surface area contributed by atoms with Crippen LogP contribution in [0.4, 0.5) is 0 Å². The van der Waals surface area contributed by atoms with E-state index in [0.717, 1.165) is 43.2 Å². The predicted molar refractivity (Wildman–Crippen MR) is 118 cm³/mol. The van der Waals surface area contributed by atoms with Gasteiger partial charge in [0, 0.05) is 23.4 Å². The molecule has 1 aromatic carbocycles. The Kier molecular flexibility index (Phi) is 4.97. The van der Waals surface area contributed by atoms with Gasteiger partial charge >= 0.3 is 0 Å². The first-order chi connectivity index (χ1) is 14.9. The molecular weight excluding hydrogens is 388 g/mol. The molecule has 0 spiro atoms. The molecule has 2 N–H and O–H groups in total. The Morgan fingerprint density at radius 1 is 1.16 bits per heavy atom. The maximum Gasteiger partial charge on any atom is 0.251 e. The molecule has 31 heavy (non-hydrogen) atoms. The average molecular weight is 419 g/mol. The topological polar surface area (TPSA) is 79.3 Å². The monoisotopic (exact) mass is 418 g/mol. The van der Waals surface area contributed by atoms with E-state index in [4.69, 9.17) is 0 Å². The number of aliphatic hydroxyl groups is 1. The average Bonchev–Trinajstić information content (AvgIpc) is 2.74. The van der Waals surface area contributed by atoms with Crippen LogP contribution in [0.1, 0.15) is 76.6 Å². The summed E-state index contributed by atoms with van der Waals surface area (Å²) in [7, 11) is 0. The third-order valence-corrected chi connectivity index (χ3v) is 7.76. The molecular formula is C26H30N2O3. The van der Waals surface area contributed by atoms with Crippen molar-refractivity contribution >= 4 is 11.7 Å². The number of carbonyl (C=O) groups excluding carboxylic acids is 2. The lowest BCUT2D eigenvalue weighted by Gasteiger charge is -2.58. The van der Waals surface area contributed by atoms with Crippen LogP contribution in [0.15, 0.2) is 36.5 Å². The standard InChI is InChI=1S/C26H30N2O3/c1-3-17-11-18(24(29)22-15(2)5-4-8-27-22)6-7-21(17)25(30)28-23-19-9-16-10-20(23)14-26(31,12-16)13-19/h4-8,11,16,19-20,23,31H,3,9-10,12-14H2,1-2H3,(H,28,30). The lowest BCUT2D eigenvalue weighted by Crippen LogP contribution is -2.61. The normalized spacial score (nSPS) is 30.9. The highest BCUT2D eigenvalue weighted by Gasteiger charge is 2.55. The molecule has 4 aliphatic rings. The molecule has 2 unspecified atom stereocenters. The van der Waals surface area contributed by atoms with Crippen LogP contribution in [0.5, 0.6) is 0 Å². The number of aromatic nitrogens is 1. The highest BCUT2D eigenvalue weighted by atomic mass is 16.3. The van der Waals surface area contributed by atoms with E-state index in [-0.39, 0.29) is 17.7 Å². The van der Waals surface area contributed by atoms with Crippen molar-refractivity contribution in [2.75, 3.05) is 0 Å². The molecule has 162 valence electrons. The van der Waals surface area contributed by atoms with Crippen LogP contribution < -0.4 is 5.32 Å².